The van der Waals surface area contributed by atoms with Crippen LogP contribution in [0, 0.1) is 10.7 Å². The molecule has 0 spiro atoms. The molecule has 1 rings (SSSR count). The average Bonchev–Trinajstić information content (AvgIpc) is 2.33. The van der Waals surface area contributed by atoms with E-state index < -0.39 is 17.8 Å². The van der Waals surface area contributed by atoms with Crippen LogP contribution in [-0.4, -0.2) is 23.0 Å². The zero-order valence-corrected chi connectivity index (χ0v) is 16.3. The van der Waals surface area contributed by atoms with Crippen LogP contribution in [0.25, 0.3) is 0 Å². The predicted octanol–water partition coefficient (Wildman–Crippen LogP) is 1.99. The van der Waals surface area contributed by atoms with Crippen LogP contribution >= 0.6 is 67.8 Å². The average molecular weight is 616 g/mol. The molecule has 7 nitrogen and oxygen atoms in total. The molecule has 0 aromatic heterocycles. The van der Waals surface area contributed by atoms with E-state index in [-0.39, 0.29) is 20.4 Å². The fourth-order valence-electron chi connectivity index (χ4n) is 1.22. The number of amides is 1. The number of anilines is 1. The molecule has 0 atom stereocenters. The summed E-state index contributed by atoms with van der Waals surface area (Å²) in [6.45, 7) is 1.17. The summed E-state index contributed by atoms with van der Waals surface area (Å²) in [5, 5.41) is 9.20. The number of rotatable bonds is 2. The number of aromatic carboxylic acids is 1. The first-order chi connectivity index (χ1) is 9.18. The molecule has 0 heterocycles. The first kappa shape index (κ1) is 17.7. The Labute approximate surface area is 154 Å². The van der Waals surface area contributed by atoms with Gasteiger partial charge in [0.2, 0.25) is 5.91 Å². The third kappa shape index (κ3) is 3.63. The molecule has 1 aromatic rings. The molecular formula is C10H7I3N2O5. The molecule has 0 fully saturated rings. The van der Waals surface area contributed by atoms with E-state index in [2.05, 4.69) is 4.84 Å². The SMILES string of the molecule is CC(=O)NOC(=O)c1c(I)c(N)c(I)c(C(=O)O)c1I. The van der Waals surface area contributed by atoms with E-state index in [1.807, 2.05) is 28.1 Å². The Morgan fingerprint density at radius 1 is 1.10 bits per heavy atom. The van der Waals surface area contributed by atoms with Gasteiger partial charge in [-0.25, -0.2) is 9.59 Å². The normalized spacial score (nSPS) is 10.0. The number of carbonyl (C=O) groups excluding carboxylic acids is 2. The van der Waals surface area contributed by atoms with Crippen molar-refractivity contribution in [1.82, 2.24) is 5.48 Å². The summed E-state index contributed by atoms with van der Waals surface area (Å²) in [5.74, 6) is -2.63. The number of benzene rings is 1. The number of carboxylic acids is 1. The number of carbonyl (C=O) groups is 3. The highest BCUT2D eigenvalue weighted by Gasteiger charge is 2.27. The van der Waals surface area contributed by atoms with E-state index in [4.69, 9.17) is 5.73 Å². The first-order valence-electron chi connectivity index (χ1n) is 4.85. The first-order valence-corrected chi connectivity index (χ1v) is 8.09. The molecule has 10 heteroatoms. The molecule has 1 amide bonds. The highest BCUT2D eigenvalue weighted by molar-refractivity contribution is 14.1. The van der Waals surface area contributed by atoms with Gasteiger partial charge < -0.3 is 15.7 Å². The van der Waals surface area contributed by atoms with Gasteiger partial charge in [0.05, 0.1) is 24.0 Å². The number of carboxylic acid groups (broad SMARTS) is 1. The molecule has 0 aliphatic rings. The van der Waals surface area contributed by atoms with Crippen molar-refractivity contribution in [1.29, 1.82) is 0 Å². The third-order valence-electron chi connectivity index (χ3n) is 2.06. The van der Waals surface area contributed by atoms with Crippen LogP contribution in [0.1, 0.15) is 27.6 Å². The summed E-state index contributed by atoms with van der Waals surface area (Å²) in [5.41, 5.74) is 7.82. The second-order valence-corrected chi connectivity index (χ2v) is 6.69. The minimum absolute atomic E-state index is 0.00951. The van der Waals surface area contributed by atoms with Crippen molar-refractivity contribution >= 4 is 91.3 Å². The predicted molar refractivity (Wildman–Crippen MR) is 95.2 cm³/mol. The van der Waals surface area contributed by atoms with Gasteiger partial charge in [0.25, 0.3) is 0 Å². The van der Waals surface area contributed by atoms with Crippen LogP contribution in [0.2, 0.25) is 0 Å². The van der Waals surface area contributed by atoms with Gasteiger partial charge in [0.1, 0.15) is 0 Å². The summed E-state index contributed by atoms with van der Waals surface area (Å²) in [6, 6.07) is 0. The van der Waals surface area contributed by atoms with Gasteiger partial charge in [-0.1, -0.05) is 0 Å². The Morgan fingerprint density at radius 3 is 2.05 bits per heavy atom. The lowest BCUT2D eigenvalue weighted by Gasteiger charge is -2.14. The van der Waals surface area contributed by atoms with Gasteiger partial charge in [-0.3, -0.25) is 4.79 Å². The molecular weight excluding hydrogens is 609 g/mol. The number of halogens is 3. The zero-order chi connectivity index (χ0) is 15.6. The van der Waals surface area contributed by atoms with E-state index in [1.54, 1.807) is 45.2 Å². The summed E-state index contributed by atoms with van der Waals surface area (Å²) in [7, 11) is 0. The lowest BCUT2D eigenvalue weighted by Crippen LogP contribution is -2.26. The van der Waals surface area contributed by atoms with Gasteiger partial charge in [0, 0.05) is 10.5 Å². The monoisotopic (exact) mass is 616 g/mol. The van der Waals surface area contributed by atoms with Crippen molar-refractivity contribution in [3.8, 4) is 0 Å². The fourth-order valence-corrected chi connectivity index (χ4v) is 5.29. The minimum atomic E-state index is -1.20. The molecule has 1 aromatic carbocycles. The summed E-state index contributed by atoms with van der Waals surface area (Å²) < 4.78 is 0.921. The maximum Gasteiger partial charge on any atom is 0.365 e. The number of hydrogen-bond acceptors (Lipinski definition) is 5. The Morgan fingerprint density at radius 2 is 1.60 bits per heavy atom. The van der Waals surface area contributed by atoms with Crippen LogP contribution < -0.4 is 11.2 Å². The van der Waals surface area contributed by atoms with Gasteiger partial charge in [-0.2, -0.15) is 5.48 Å². The molecule has 20 heavy (non-hydrogen) atoms. The largest absolute Gasteiger partial charge is 0.478 e. The van der Waals surface area contributed by atoms with Crippen molar-refractivity contribution in [3.63, 3.8) is 0 Å². The molecule has 4 N–H and O–H groups in total. The van der Waals surface area contributed by atoms with Crippen molar-refractivity contribution in [2.24, 2.45) is 0 Å². The number of hydroxylamine groups is 1. The van der Waals surface area contributed by atoms with Crippen LogP contribution in [-0.2, 0) is 9.63 Å². The van der Waals surface area contributed by atoms with Gasteiger partial charge in [-0.05, 0) is 67.8 Å². The molecule has 0 aliphatic heterocycles. The van der Waals surface area contributed by atoms with Crippen molar-refractivity contribution in [3.05, 3.63) is 21.8 Å². The maximum absolute atomic E-state index is 11.9. The van der Waals surface area contributed by atoms with Crippen LogP contribution in [0.4, 0.5) is 5.69 Å². The standard InChI is InChI=1S/C10H7I3N2O5/c1-2(16)15-20-10(19)4-5(11)3(9(17)18)6(12)8(14)7(4)13/h14H2,1H3,(H,15,16)(H,17,18). The molecule has 0 saturated heterocycles. The molecule has 0 bridgehead atoms. The van der Waals surface area contributed by atoms with E-state index in [9.17, 15) is 19.5 Å². The van der Waals surface area contributed by atoms with Gasteiger partial charge >= 0.3 is 11.9 Å². The van der Waals surface area contributed by atoms with E-state index >= 15 is 0 Å². The van der Waals surface area contributed by atoms with Crippen LogP contribution in [0.5, 0.6) is 0 Å². The number of hydrogen-bond donors (Lipinski definition) is 3. The third-order valence-corrected chi connectivity index (χ3v) is 5.38. The van der Waals surface area contributed by atoms with Gasteiger partial charge in [0.15, 0.2) is 0 Å². The smallest absolute Gasteiger partial charge is 0.365 e. The Balaban J connectivity index is 3.43. The van der Waals surface area contributed by atoms with Crippen molar-refractivity contribution in [2.45, 2.75) is 6.92 Å². The summed E-state index contributed by atoms with van der Waals surface area (Å²) in [6.07, 6.45) is 0. The quantitative estimate of drug-likeness (QED) is 0.266. The maximum atomic E-state index is 11.9. The molecule has 0 saturated carbocycles. The Hall–Kier alpha value is -0.380. The number of nitrogens with two attached hydrogens (primary N) is 1. The van der Waals surface area contributed by atoms with Crippen molar-refractivity contribution < 1.29 is 24.3 Å². The van der Waals surface area contributed by atoms with E-state index in [1.165, 1.54) is 6.92 Å². The lowest BCUT2D eigenvalue weighted by molar-refractivity contribution is -0.127. The second kappa shape index (κ2) is 7.06. The number of nitrogens with one attached hydrogen (secondary N) is 1. The van der Waals surface area contributed by atoms with Gasteiger partial charge in [-0.15, -0.1) is 0 Å². The molecule has 108 valence electrons. The van der Waals surface area contributed by atoms with Crippen LogP contribution in [0.3, 0.4) is 0 Å². The van der Waals surface area contributed by atoms with E-state index in [0.29, 0.717) is 7.14 Å². The summed E-state index contributed by atoms with van der Waals surface area (Å²) in [4.78, 5) is 38.5. The summed E-state index contributed by atoms with van der Waals surface area (Å²) >= 11 is 5.37. The van der Waals surface area contributed by atoms with E-state index in [0.717, 1.165) is 0 Å². The van der Waals surface area contributed by atoms with Crippen LogP contribution in [0.15, 0.2) is 0 Å². The molecule has 0 unspecified atom stereocenters. The number of nitrogen functional groups attached to an aromatic ring is 1. The minimum Gasteiger partial charge on any atom is -0.478 e. The topological polar surface area (TPSA) is 119 Å². The zero-order valence-electron chi connectivity index (χ0n) is 9.79. The lowest BCUT2D eigenvalue weighted by atomic mass is 10.1. The fraction of sp³-hybridized carbons (Fsp3) is 0.100. The second-order valence-electron chi connectivity index (χ2n) is 3.46. The van der Waals surface area contributed by atoms with Crippen molar-refractivity contribution in [2.75, 3.05) is 5.73 Å². The highest BCUT2D eigenvalue weighted by atomic mass is 127. The molecule has 0 aliphatic carbocycles. The Bertz CT molecular complexity index is 618. The highest BCUT2D eigenvalue weighted by Crippen LogP contribution is 2.34. The molecule has 0 radical (unpaired) electrons. The Kier molecular flexibility index (Phi) is 6.24.